The Bertz CT molecular complexity index is 1020. The Balaban J connectivity index is 0.00000259. The van der Waals surface area contributed by atoms with Crippen LogP contribution < -0.4 is 9.47 Å². The highest BCUT2D eigenvalue weighted by atomic mass is 35.5. The fourth-order valence-electron chi connectivity index (χ4n) is 4.60. The molecule has 2 aliphatic rings. The summed E-state index contributed by atoms with van der Waals surface area (Å²) in [5.74, 6) is 2.53. The van der Waals surface area contributed by atoms with Gasteiger partial charge in [-0.05, 0) is 40.1 Å². The van der Waals surface area contributed by atoms with Crippen LogP contribution in [0.25, 0.3) is 0 Å². The monoisotopic (exact) mass is 470 g/mol. The molecule has 0 radical (unpaired) electrons. The molecule has 1 unspecified atom stereocenters. The van der Waals surface area contributed by atoms with Gasteiger partial charge in [-0.25, -0.2) is 4.68 Å². The molecule has 2 aromatic carbocycles. The van der Waals surface area contributed by atoms with Gasteiger partial charge in [-0.15, -0.1) is 17.5 Å². The molecule has 2 aliphatic heterocycles. The first kappa shape index (κ1) is 23.5. The lowest BCUT2D eigenvalue weighted by Gasteiger charge is -2.38. The zero-order valence-electron chi connectivity index (χ0n) is 19.0. The number of nitrogens with zero attached hydrogens (tertiary/aromatic N) is 6. The third-order valence-electron chi connectivity index (χ3n) is 6.29. The first-order valence-electron chi connectivity index (χ1n) is 11.4. The summed E-state index contributed by atoms with van der Waals surface area (Å²) in [5, 5.41) is 12.8. The normalized spacial score (nSPS) is 17.0. The van der Waals surface area contributed by atoms with Crippen molar-refractivity contribution in [1.82, 2.24) is 30.0 Å². The average molecular weight is 471 g/mol. The molecular weight excluding hydrogens is 440 g/mol. The van der Waals surface area contributed by atoms with Gasteiger partial charge in [-0.2, -0.15) is 0 Å². The molecule has 0 N–H and O–H groups in total. The minimum atomic E-state index is 0. The lowest BCUT2D eigenvalue weighted by molar-refractivity contribution is 0.0820. The van der Waals surface area contributed by atoms with Crippen molar-refractivity contribution < 1.29 is 9.47 Å². The lowest BCUT2D eigenvalue weighted by atomic mass is 10.1. The number of rotatable bonds is 8. The maximum Gasteiger partial charge on any atom is 0.231 e. The molecule has 8 nitrogen and oxygen atoms in total. The smallest absolute Gasteiger partial charge is 0.231 e. The van der Waals surface area contributed by atoms with Crippen molar-refractivity contribution >= 4 is 12.4 Å². The van der Waals surface area contributed by atoms with E-state index in [-0.39, 0.29) is 25.2 Å². The SMILES string of the molecule is CCCC(c1nnnn1Cc1ccc2c(c1)OCO2)N1CCN(Cc2ccccc2)CC1.Cl. The van der Waals surface area contributed by atoms with Crippen LogP contribution in [0.15, 0.2) is 48.5 Å². The van der Waals surface area contributed by atoms with E-state index in [1.165, 1.54) is 5.56 Å². The van der Waals surface area contributed by atoms with Crippen LogP contribution in [0.2, 0.25) is 0 Å². The first-order valence-corrected chi connectivity index (χ1v) is 11.4. The van der Waals surface area contributed by atoms with E-state index in [1.807, 2.05) is 16.8 Å². The van der Waals surface area contributed by atoms with Gasteiger partial charge in [-0.3, -0.25) is 9.80 Å². The fourth-order valence-corrected chi connectivity index (χ4v) is 4.60. The minimum Gasteiger partial charge on any atom is -0.454 e. The van der Waals surface area contributed by atoms with Gasteiger partial charge in [0.1, 0.15) is 0 Å². The molecule has 0 saturated carbocycles. The second-order valence-electron chi connectivity index (χ2n) is 8.48. The summed E-state index contributed by atoms with van der Waals surface area (Å²) >= 11 is 0. The average Bonchev–Trinajstić information content (AvgIpc) is 3.48. The second kappa shape index (κ2) is 11.0. The number of benzene rings is 2. The van der Waals surface area contributed by atoms with Gasteiger partial charge < -0.3 is 9.47 Å². The largest absolute Gasteiger partial charge is 0.454 e. The van der Waals surface area contributed by atoms with Gasteiger partial charge in [-0.1, -0.05) is 49.7 Å². The van der Waals surface area contributed by atoms with Crippen LogP contribution in [-0.4, -0.2) is 63.0 Å². The summed E-state index contributed by atoms with van der Waals surface area (Å²) in [7, 11) is 0. The van der Waals surface area contributed by atoms with Gasteiger partial charge in [0.2, 0.25) is 6.79 Å². The van der Waals surface area contributed by atoms with E-state index < -0.39 is 0 Å². The van der Waals surface area contributed by atoms with E-state index in [0.717, 1.165) is 68.5 Å². The third-order valence-corrected chi connectivity index (χ3v) is 6.29. The molecule has 1 saturated heterocycles. The zero-order valence-corrected chi connectivity index (χ0v) is 19.8. The van der Waals surface area contributed by atoms with Gasteiger partial charge in [0.25, 0.3) is 0 Å². The molecule has 0 aliphatic carbocycles. The maximum absolute atomic E-state index is 5.53. The summed E-state index contributed by atoms with van der Waals surface area (Å²) in [6, 6.07) is 17.0. The molecule has 5 rings (SSSR count). The van der Waals surface area contributed by atoms with Crippen LogP contribution >= 0.6 is 12.4 Å². The second-order valence-corrected chi connectivity index (χ2v) is 8.48. The quantitative estimate of drug-likeness (QED) is 0.498. The zero-order chi connectivity index (χ0) is 21.8. The van der Waals surface area contributed by atoms with E-state index in [2.05, 4.69) is 68.6 Å². The van der Waals surface area contributed by atoms with E-state index in [9.17, 15) is 0 Å². The highest BCUT2D eigenvalue weighted by Crippen LogP contribution is 2.33. The molecule has 3 aromatic rings. The van der Waals surface area contributed by atoms with Crippen LogP contribution in [-0.2, 0) is 13.1 Å². The predicted molar refractivity (Wildman–Crippen MR) is 128 cm³/mol. The number of hydrogen-bond acceptors (Lipinski definition) is 7. The number of aromatic nitrogens is 4. The highest BCUT2D eigenvalue weighted by molar-refractivity contribution is 5.85. The molecule has 33 heavy (non-hydrogen) atoms. The molecule has 0 spiro atoms. The Morgan fingerprint density at radius 3 is 2.48 bits per heavy atom. The minimum absolute atomic E-state index is 0. The molecule has 176 valence electrons. The topological polar surface area (TPSA) is 68.5 Å². The van der Waals surface area contributed by atoms with E-state index >= 15 is 0 Å². The standard InChI is InChI=1S/C24H30N6O2.ClH/c1-2-6-21(29-13-11-28(12-14-29)16-19-7-4-3-5-8-19)24-25-26-27-30(24)17-20-9-10-22-23(15-20)32-18-31-22;/h3-5,7-10,15,21H,2,6,11-14,16-18H2,1H3;1H. The van der Waals surface area contributed by atoms with Crippen LogP contribution in [0.3, 0.4) is 0 Å². The Kier molecular flexibility index (Phi) is 7.80. The van der Waals surface area contributed by atoms with Crippen molar-refractivity contribution in [1.29, 1.82) is 0 Å². The number of halogens is 1. The van der Waals surface area contributed by atoms with Crippen molar-refractivity contribution in [3.8, 4) is 11.5 Å². The number of piperazine rings is 1. The Morgan fingerprint density at radius 1 is 0.909 bits per heavy atom. The Labute approximate surface area is 200 Å². The third kappa shape index (κ3) is 5.46. The van der Waals surface area contributed by atoms with E-state index in [0.29, 0.717) is 6.54 Å². The number of ether oxygens (including phenoxy) is 2. The molecule has 3 heterocycles. The van der Waals surface area contributed by atoms with Gasteiger partial charge in [0, 0.05) is 32.7 Å². The van der Waals surface area contributed by atoms with Crippen molar-refractivity contribution in [2.45, 2.75) is 38.9 Å². The van der Waals surface area contributed by atoms with E-state index in [4.69, 9.17) is 9.47 Å². The van der Waals surface area contributed by atoms with Crippen molar-refractivity contribution in [2.75, 3.05) is 33.0 Å². The number of hydrogen-bond donors (Lipinski definition) is 0. The van der Waals surface area contributed by atoms with Crippen molar-refractivity contribution in [3.05, 3.63) is 65.5 Å². The van der Waals surface area contributed by atoms with E-state index in [1.54, 1.807) is 0 Å². The molecular formula is C24H31ClN6O2. The van der Waals surface area contributed by atoms with Crippen molar-refractivity contribution in [3.63, 3.8) is 0 Å². The molecule has 9 heteroatoms. The summed E-state index contributed by atoms with van der Waals surface area (Å²) in [6.07, 6.45) is 2.13. The Hall–Kier alpha value is -2.68. The molecule has 0 amide bonds. The fraction of sp³-hybridized carbons (Fsp3) is 0.458. The van der Waals surface area contributed by atoms with Crippen LogP contribution in [0.1, 0.15) is 42.8 Å². The summed E-state index contributed by atoms with van der Waals surface area (Å²) in [6.45, 7) is 8.29. The number of tetrazole rings is 1. The van der Waals surface area contributed by atoms with Gasteiger partial charge >= 0.3 is 0 Å². The summed E-state index contributed by atoms with van der Waals surface area (Å²) in [5.41, 5.74) is 2.48. The van der Waals surface area contributed by atoms with Gasteiger partial charge in [0.15, 0.2) is 17.3 Å². The van der Waals surface area contributed by atoms with Crippen LogP contribution in [0.4, 0.5) is 0 Å². The van der Waals surface area contributed by atoms with Crippen LogP contribution in [0.5, 0.6) is 11.5 Å². The highest BCUT2D eigenvalue weighted by Gasteiger charge is 2.28. The predicted octanol–water partition coefficient (Wildman–Crippen LogP) is 3.53. The Morgan fingerprint density at radius 2 is 1.70 bits per heavy atom. The first-order chi connectivity index (χ1) is 15.8. The summed E-state index contributed by atoms with van der Waals surface area (Å²) < 4.78 is 12.9. The lowest BCUT2D eigenvalue weighted by Crippen LogP contribution is -2.47. The van der Waals surface area contributed by atoms with Gasteiger partial charge in [0.05, 0.1) is 12.6 Å². The number of fused-ring (bicyclic) bond motifs is 1. The van der Waals surface area contributed by atoms with Crippen LogP contribution in [0, 0.1) is 0 Å². The van der Waals surface area contributed by atoms with Crippen molar-refractivity contribution in [2.24, 2.45) is 0 Å². The maximum atomic E-state index is 5.53. The molecule has 1 aromatic heterocycles. The molecule has 0 bridgehead atoms. The summed E-state index contributed by atoms with van der Waals surface area (Å²) in [4.78, 5) is 5.08. The molecule has 1 fully saturated rings. The molecule has 1 atom stereocenters.